The van der Waals surface area contributed by atoms with Crippen LogP contribution >= 0.6 is 0 Å². The quantitative estimate of drug-likeness (QED) is 0.715. The third-order valence-corrected chi connectivity index (χ3v) is 7.47. The zero-order chi connectivity index (χ0) is 21.0. The van der Waals surface area contributed by atoms with E-state index in [1.54, 1.807) is 24.3 Å². The van der Waals surface area contributed by atoms with Crippen LogP contribution in [0.25, 0.3) is 0 Å². The van der Waals surface area contributed by atoms with Gasteiger partial charge in [0, 0.05) is 32.7 Å². The van der Waals surface area contributed by atoms with Gasteiger partial charge in [-0.15, -0.1) is 0 Å². The van der Waals surface area contributed by atoms with Crippen LogP contribution in [0.1, 0.15) is 11.1 Å². The predicted octanol–water partition coefficient (Wildman–Crippen LogP) is 1.51. The second-order valence-electron chi connectivity index (χ2n) is 7.71. The molecule has 4 rings (SSSR count). The summed E-state index contributed by atoms with van der Waals surface area (Å²) in [4.78, 5) is 2.47. The number of aliphatic hydroxyl groups excluding tert-OH is 1. The van der Waals surface area contributed by atoms with Gasteiger partial charge < -0.3 is 14.6 Å². The van der Waals surface area contributed by atoms with Crippen LogP contribution in [0.4, 0.5) is 0 Å². The van der Waals surface area contributed by atoms with Crippen molar-refractivity contribution in [3.05, 3.63) is 59.7 Å². The third kappa shape index (κ3) is 5.01. The summed E-state index contributed by atoms with van der Waals surface area (Å²) in [5, 5.41) is 10.4. The molecule has 2 aliphatic rings. The third-order valence-electron chi connectivity index (χ3n) is 5.55. The van der Waals surface area contributed by atoms with E-state index in [9.17, 15) is 13.5 Å². The lowest BCUT2D eigenvalue weighted by Crippen LogP contribution is -2.40. The van der Waals surface area contributed by atoms with Crippen LogP contribution in [0.3, 0.4) is 0 Å². The Balaban J connectivity index is 1.28. The molecule has 0 aromatic heterocycles. The largest absolute Gasteiger partial charge is 0.491 e. The van der Waals surface area contributed by atoms with Gasteiger partial charge in [0.2, 0.25) is 10.0 Å². The number of benzene rings is 2. The minimum Gasteiger partial charge on any atom is -0.491 e. The van der Waals surface area contributed by atoms with E-state index in [0.717, 1.165) is 19.5 Å². The molecule has 0 radical (unpaired) electrons. The second-order valence-corrected chi connectivity index (χ2v) is 9.64. The number of sulfonamides is 1. The molecule has 1 N–H and O–H groups in total. The number of hydrogen-bond donors (Lipinski definition) is 1. The number of aliphatic hydroxyl groups is 1. The molecule has 1 saturated heterocycles. The molecule has 0 unspecified atom stereocenters. The number of rotatable bonds is 7. The first kappa shape index (κ1) is 21.3. The Morgan fingerprint density at radius 1 is 1.00 bits per heavy atom. The fourth-order valence-electron chi connectivity index (χ4n) is 3.90. The summed E-state index contributed by atoms with van der Waals surface area (Å²) in [6.45, 7) is 4.03. The van der Waals surface area contributed by atoms with Crippen LogP contribution in [-0.4, -0.2) is 74.8 Å². The highest BCUT2D eigenvalue weighted by atomic mass is 32.2. The Hall–Kier alpha value is -1.97. The lowest BCUT2D eigenvalue weighted by atomic mass is 10.00. The number of ether oxygens (including phenoxy) is 2. The molecular formula is C22H28N2O5S. The first-order valence-electron chi connectivity index (χ1n) is 10.3. The monoisotopic (exact) mass is 432 g/mol. The number of morpholine rings is 1. The van der Waals surface area contributed by atoms with E-state index in [-0.39, 0.29) is 11.5 Å². The maximum atomic E-state index is 12.7. The molecule has 1 atom stereocenters. The molecule has 0 aliphatic carbocycles. The lowest BCUT2D eigenvalue weighted by Gasteiger charge is -2.30. The highest BCUT2D eigenvalue weighted by Gasteiger charge is 2.26. The fraction of sp³-hybridized carbons (Fsp3) is 0.455. The first-order chi connectivity index (χ1) is 14.5. The number of fused-ring (bicyclic) bond motifs is 1. The minimum absolute atomic E-state index is 0.160. The molecule has 2 aromatic rings. The molecule has 162 valence electrons. The van der Waals surface area contributed by atoms with Gasteiger partial charge in [0.15, 0.2) is 0 Å². The van der Waals surface area contributed by atoms with Crippen molar-refractivity contribution >= 4 is 10.0 Å². The van der Waals surface area contributed by atoms with Crippen LogP contribution in [0.2, 0.25) is 0 Å². The summed E-state index contributed by atoms with van der Waals surface area (Å²) in [5.74, 6) is 0.541. The van der Waals surface area contributed by atoms with E-state index >= 15 is 0 Å². The van der Waals surface area contributed by atoms with Crippen LogP contribution in [0.15, 0.2) is 53.4 Å². The topological polar surface area (TPSA) is 79.3 Å². The Bertz CT molecular complexity index is 942. The van der Waals surface area contributed by atoms with E-state index in [0.29, 0.717) is 38.6 Å². The Morgan fingerprint density at radius 3 is 2.43 bits per heavy atom. The zero-order valence-electron chi connectivity index (χ0n) is 16.9. The highest BCUT2D eigenvalue weighted by Crippen LogP contribution is 2.21. The van der Waals surface area contributed by atoms with E-state index in [1.165, 1.54) is 15.4 Å². The van der Waals surface area contributed by atoms with Gasteiger partial charge in [-0.05, 0) is 41.8 Å². The lowest BCUT2D eigenvalue weighted by molar-refractivity contribution is 0.0637. The molecule has 2 heterocycles. The first-order valence-corrected chi connectivity index (χ1v) is 11.7. The van der Waals surface area contributed by atoms with Gasteiger partial charge in [-0.3, -0.25) is 4.90 Å². The highest BCUT2D eigenvalue weighted by molar-refractivity contribution is 7.89. The maximum absolute atomic E-state index is 12.7. The average Bonchev–Trinajstić information content (AvgIpc) is 2.78. The van der Waals surface area contributed by atoms with E-state index < -0.39 is 16.1 Å². The molecular weight excluding hydrogens is 404 g/mol. The van der Waals surface area contributed by atoms with Crippen LogP contribution < -0.4 is 4.74 Å². The Labute approximate surface area is 177 Å². The summed E-state index contributed by atoms with van der Waals surface area (Å²) in [7, 11) is -3.51. The second kappa shape index (κ2) is 9.45. The molecule has 0 bridgehead atoms. The smallest absolute Gasteiger partial charge is 0.243 e. The van der Waals surface area contributed by atoms with Crippen molar-refractivity contribution in [3.63, 3.8) is 0 Å². The van der Waals surface area contributed by atoms with Gasteiger partial charge >= 0.3 is 0 Å². The summed E-state index contributed by atoms with van der Waals surface area (Å²) in [5.41, 5.74) is 2.69. The number of nitrogens with zero attached hydrogens (tertiary/aromatic N) is 2. The molecule has 0 saturated carbocycles. The Morgan fingerprint density at radius 2 is 1.70 bits per heavy atom. The Kier molecular flexibility index (Phi) is 6.70. The van der Waals surface area contributed by atoms with Gasteiger partial charge in [0.1, 0.15) is 18.5 Å². The SMILES string of the molecule is O=S(=O)(c1ccc(OC[C@@H](O)CN2CCc3ccccc3C2)cc1)N1CCOCC1. The molecule has 8 heteroatoms. The molecule has 30 heavy (non-hydrogen) atoms. The normalized spacial score (nSPS) is 19.2. The number of hydrogen-bond acceptors (Lipinski definition) is 6. The molecule has 0 amide bonds. The minimum atomic E-state index is -3.51. The summed E-state index contributed by atoms with van der Waals surface area (Å²) in [6, 6.07) is 14.8. The van der Waals surface area contributed by atoms with E-state index in [1.807, 2.05) is 6.07 Å². The van der Waals surface area contributed by atoms with Crippen molar-refractivity contribution in [2.24, 2.45) is 0 Å². The maximum Gasteiger partial charge on any atom is 0.243 e. The van der Waals surface area contributed by atoms with Crippen molar-refractivity contribution in [1.29, 1.82) is 0 Å². The average molecular weight is 433 g/mol. The van der Waals surface area contributed by atoms with Crippen LogP contribution in [-0.2, 0) is 27.7 Å². The number of β-amino-alcohol motifs (C(OH)–C–C–N with tert-alkyl or cyclic N) is 1. The summed E-state index contributed by atoms with van der Waals surface area (Å²) in [6.07, 6.45) is 0.370. The van der Waals surface area contributed by atoms with Gasteiger partial charge in [-0.25, -0.2) is 8.42 Å². The molecule has 0 spiro atoms. The van der Waals surface area contributed by atoms with E-state index in [2.05, 4.69) is 23.1 Å². The van der Waals surface area contributed by atoms with Crippen LogP contribution in [0.5, 0.6) is 5.75 Å². The van der Waals surface area contributed by atoms with Gasteiger partial charge in [-0.2, -0.15) is 4.31 Å². The van der Waals surface area contributed by atoms with Gasteiger partial charge in [0.05, 0.1) is 18.1 Å². The van der Waals surface area contributed by atoms with Crippen molar-refractivity contribution in [1.82, 2.24) is 9.21 Å². The molecule has 1 fully saturated rings. The molecule has 2 aliphatic heterocycles. The van der Waals surface area contributed by atoms with Crippen molar-refractivity contribution in [2.45, 2.75) is 24.0 Å². The predicted molar refractivity (Wildman–Crippen MR) is 113 cm³/mol. The fourth-order valence-corrected chi connectivity index (χ4v) is 5.30. The molecule has 7 nitrogen and oxygen atoms in total. The van der Waals surface area contributed by atoms with Gasteiger partial charge in [-0.1, -0.05) is 24.3 Å². The zero-order valence-corrected chi connectivity index (χ0v) is 17.8. The van der Waals surface area contributed by atoms with E-state index in [4.69, 9.17) is 9.47 Å². The van der Waals surface area contributed by atoms with Crippen molar-refractivity contribution < 1.29 is 23.0 Å². The van der Waals surface area contributed by atoms with Crippen LogP contribution in [0, 0.1) is 0 Å². The summed E-state index contributed by atoms with van der Waals surface area (Å²) >= 11 is 0. The standard InChI is InChI=1S/C22H28N2O5S/c25-20(16-23-10-9-18-3-1-2-4-19(18)15-23)17-29-21-5-7-22(8-6-21)30(26,27)24-11-13-28-14-12-24/h1-8,20,25H,9-17H2/t20-/m0/s1. The van der Waals surface area contributed by atoms with Gasteiger partial charge in [0.25, 0.3) is 0 Å². The molecule has 2 aromatic carbocycles. The summed E-state index contributed by atoms with van der Waals surface area (Å²) < 4.78 is 37.7. The van der Waals surface area contributed by atoms with Crippen molar-refractivity contribution in [2.75, 3.05) is 46.0 Å². The van der Waals surface area contributed by atoms with Crippen molar-refractivity contribution in [3.8, 4) is 5.75 Å².